The van der Waals surface area contributed by atoms with Gasteiger partial charge in [0.15, 0.2) is 0 Å². The second-order valence-electron chi connectivity index (χ2n) is 9.60. The number of rotatable bonds is 7. The molecule has 2 aromatic heterocycles. The predicted molar refractivity (Wildman–Crippen MR) is 149 cm³/mol. The Morgan fingerprint density at radius 1 is 0.917 bits per heavy atom. The van der Waals surface area contributed by atoms with Gasteiger partial charge in [0.1, 0.15) is 16.5 Å². The van der Waals surface area contributed by atoms with Gasteiger partial charge in [0, 0.05) is 37.5 Å². The molecule has 36 heavy (non-hydrogen) atoms. The lowest BCUT2D eigenvalue weighted by molar-refractivity contribution is -0.133. The maximum Gasteiger partial charge on any atom is 0.230 e. The van der Waals surface area contributed by atoms with Crippen LogP contribution in [0.15, 0.2) is 60.7 Å². The van der Waals surface area contributed by atoms with Crippen molar-refractivity contribution in [2.24, 2.45) is 0 Å². The van der Waals surface area contributed by atoms with E-state index >= 15 is 0 Å². The summed E-state index contributed by atoms with van der Waals surface area (Å²) >= 11 is 1.76. The maximum atomic E-state index is 13.4. The lowest BCUT2D eigenvalue weighted by Crippen LogP contribution is -2.50. The Morgan fingerprint density at radius 2 is 1.58 bits per heavy atom. The highest BCUT2D eigenvalue weighted by molar-refractivity contribution is 7.18. The molecule has 0 unspecified atom stereocenters. The first-order chi connectivity index (χ1) is 17.5. The SMILES string of the molecule is CC[C@H](C(=O)N1CCN(c2nc(CCc3ccccc3)nc3sc(C)c(C)c23)CC1)c1ccccc1. The van der Waals surface area contributed by atoms with E-state index in [0.717, 1.165) is 67.5 Å². The summed E-state index contributed by atoms with van der Waals surface area (Å²) in [6.45, 7) is 9.45. The van der Waals surface area contributed by atoms with E-state index in [1.165, 1.54) is 21.4 Å². The van der Waals surface area contributed by atoms with E-state index in [9.17, 15) is 4.79 Å². The first kappa shape index (κ1) is 24.4. The second kappa shape index (κ2) is 10.8. The zero-order valence-corrected chi connectivity index (χ0v) is 22.2. The molecular weight excluding hydrogens is 464 g/mol. The number of amides is 1. The van der Waals surface area contributed by atoms with E-state index in [4.69, 9.17) is 9.97 Å². The number of benzene rings is 2. The fourth-order valence-corrected chi connectivity index (χ4v) is 6.15. The van der Waals surface area contributed by atoms with Crippen LogP contribution in [0.25, 0.3) is 10.2 Å². The molecule has 1 saturated heterocycles. The number of hydrogen-bond donors (Lipinski definition) is 0. The summed E-state index contributed by atoms with van der Waals surface area (Å²) in [5.74, 6) is 2.10. The quantitative estimate of drug-likeness (QED) is 0.317. The average molecular weight is 499 g/mol. The zero-order chi connectivity index (χ0) is 25.1. The van der Waals surface area contributed by atoms with Gasteiger partial charge in [0.05, 0.1) is 11.3 Å². The van der Waals surface area contributed by atoms with Crippen LogP contribution >= 0.6 is 11.3 Å². The van der Waals surface area contributed by atoms with Crippen molar-refractivity contribution < 1.29 is 4.79 Å². The van der Waals surface area contributed by atoms with Crippen molar-refractivity contribution in [1.29, 1.82) is 0 Å². The molecule has 1 aliphatic heterocycles. The first-order valence-electron chi connectivity index (χ1n) is 12.9. The van der Waals surface area contributed by atoms with Gasteiger partial charge >= 0.3 is 0 Å². The van der Waals surface area contributed by atoms with E-state index < -0.39 is 0 Å². The van der Waals surface area contributed by atoms with Crippen molar-refractivity contribution in [3.05, 3.63) is 88.1 Å². The number of aromatic nitrogens is 2. The molecule has 5 rings (SSSR count). The van der Waals surface area contributed by atoms with E-state index in [-0.39, 0.29) is 11.8 Å². The summed E-state index contributed by atoms with van der Waals surface area (Å²) in [6, 6.07) is 20.7. The van der Waals surface area contributed by atoms with Crippen LogP contribution in [-0.4, -0.2) is 47.0 Å². The lowest BCUT2D eigenvalue weighted by Gasteiger charge is -2.37. The summed E-state index contributed by atoms with van der Waals surface area (Å²) in [7, 11) is 0. The molecule has 1 aliphatic rings. The summed E-state index contributed by atoms with van der Waals surface area (Å²) in [5.41, 5.74) is 3.68. The average Bonchev–Trinajstić information content (AvgIpc) is 3.21. The molecule has 1 fully saturated rings. The molecule has 3 heterocycles. The minimum atomic E-state index is -0.0742. The molecule has 5 nitrogen and oxygen atoms in total. The minimum Gasteiger partial charge on any atom is -0.352 e. The Balaban J connectivity index is 1.35. The smallest absolute Gasteiger partial charge is 0.230 e. The number of carbonyl (C=O) groups is 1. The maximum absolute atomic E-state index is 13.4. The molecule has 0 spiro atoms. The lowest BCUT2D eigenvalue weighted by atomic mass is 9.95. The third-order valence-corrected chi connectivity index (χ3v) is 8.44. The van der Waals surface area contributed by atoms with Crippen LogP contribution in [0.1, 0.15) is 46.7 Å². The highest BCUT2D eigenvalue weighted by Gasteiger charge is 2.29. The Kier molecular flexibility index (Phi) is 7.33. The Bertz CT molecular complexity index is 1330. The van der Waals surface area contributed by atoms with E-state index in [1.54, 1.807) is 11.3 Å². The van der Waals surface area contributed by atoms with Crippen molar-refractivity contribution in [1.82, 2.24) is 14.9 Å². The van der Waals surface area contributed by atoms with Gasteiger partial charge in [-0.2, -0.15) is 0 Å². The number of piperazine rings is 1. The van der Waals surface area contributed by atoms with Crippen LogP contribution < -0.4 is 4.90 Å². The molecule has 1 atom stereocenters. The highest BCUT2D eigenvalue weighted by Crippen LogP contribution is 2.36. The van der Waals surface area contributed by atoms with Crippen LogP contribution in [0, 0.1) is 13.8 Å². The number of hydrogen-bond acceptors (Lipinski definition) is 5. The zero-order valence-electron chi connectivity index (χ0n) is 21.4. The van der Waals surface area contributed by atoms with Crippen LogP contribution in [0.5, 0.6) is 0 Å². The van der Waals surface area contributed by atoms with E-state index in [1.807, 2.05) is 29.2 Å². The minimum absolute atomic E-state index is 0.0742. The molecule has 0 radical (unpaired) electrons. The molecular formula is C30H34N4OS. The normalized spacial score (nSPS) is 14.9. The Hall–Kier alpha value is -3.25. The van der Waals surface area contributed by atoms with Crippen molar-refractivity contribution in [3.8, 4) is 0 Å². The number of fused-ring (bicyclic) bond motifs is 1. The molecule has 186 valence electrons. The van der Waals surface area contributed by atoms with Crippen LogP contribution in [0.3, 0.4) is 0 Å². The van der Waals surface area contributed by atoms with Gasteiger partial charge < -0.3 is 9.80 Å². The first-order valence-corrected chi connectivity index (χ1v) is 13.8. The van der Waals surface area contributed by atoms with Gasteiger partial charge in [-0.3, -0.25) is 4.79 Å². The van der Waals surface area contributed by atoms with Crippen LogP contribution in [-0.2, 0) is 17.6 Å². The molecule has 4 aromatic rings. The number of nitrogens with zero attached hydrogens (tertiary/aromatic N) is 4. The van der Waals surface area contributed by atoms with Crippen molar-refractivity contribution in [3.63, 3.8) is 0 Å². The Labute approximate surface area is 217 Å². The van der Waals surface area contributed by atoms with Crippen molar-refractivity contribution in [2.75, 3.05) is 31.1 Å². The van der Waals surface area contributed by atoms with Crippen molar-refractivity contribution >= 4 is 33.3 Å². The molecule has 6 heteroatoms. The summed E-state index contributed by atoms with van der Waals surface area (Å²) < 4.78 is 0. The third-order valence-electron chi connectivity index (χ3n) is 7.34. The third kappa shape index (κ3) is 5.00. The summed E-state index contributed by atoms with van der Waals surface area (Å²) in [6.07, 6.45) is 2.56. The van der Waals surface area contributed by atoms with Gasteiger partial charge in [0.25, 0.3) is 0 Å². The summed E-state index contributed by atoms with van der Waals surface area (Å²) in [4.78, 5) is 30.2. The number of aryl methyl sites for hydroxylation is 4. The van der Waals surface area contributed by atoms with Gasteiger partial charge in [-0.05, 0) is 43.4 Å². The molecule has 0 saturated carbocycles. The fourth-order valence-electron chi connectivity index (χ4n) is 5.11. The number of carbonyl (C=O) groups excluding carboxylic acids is 1. The standard InChI is InChI=1S/C30H34N4OS/c1-4-25(24-13-9-6-10-14-24)30(35)34-19-17-33(18-20-34)28-27-21(2)22(3)36-29(27)32-26(31-28)16-15-23-11-7-5-8-12-23/h5-14,25H,4,15-20H2,1-3H3/t25-/m0/s1. The van der Waals surface area contributed by atoms with Crippen LogP contribution in [0.2, 0.25) is 0 Å². The summed E-state index contributed by atoms with van der Waals surface area (Å²) in [5, 5.41) is 1.18. The van der Waals surface area contributed by atoms with Crippen LogP contribution in [0.4, 0.5) is 5.82 Å². The highest BCUT2D eigenvalue weighted by atomic mass is 32.1. The number of thiophene rings is 1. The molecule has 0 aliphatic carbocycles. The largest absolute Gasteiger partial charge is 0.352 e. The predicted octanol–water partition coefficient (Wildman–Crippen LogP) is 5.94. The Morgan fingerprint density at radius 3 is 2.25 bits per heavy atom. The number of anilines is 1. The van der Waals surface area contributed by atoms with Gasteiger partial charge in [0.2, 0.25) is 5.91 Å². The van der Waals surface area contributed by atoms with Gasteiger partial charge in [-0.15, -0.1) is 11.3 Å². The topological polar surface area (TPSA) is 49.3 Å². The van der Waals surface area contributed by atoms with E-state index in [2.05, 4.69) is 62.1 Å². The monoisotopic (exact) mass is 498 g/mol. The van der Waals surface area contributed by atoms with Crippen molar-refractivity contribution in [2.45, 2.75) is 46.0 Å². The molecule has 2 aromatic carbocycles. The second-order valence-corrected chi connectivity index (χ2v) is 10.8. The molecule has 0 bridgehead atoms. The fraction of sp³-hybridized carbons (Fsp3) is 0.367. The van der Waals surface area contributed by atoms with E-state index in [0.29, 0.717) is 0 Å². The van der Waals surface area contributed by atoms with Gasteiger partial charge in [-0.25, -0.2) is 9.97 Å². The van der Waals surface area contributed by atoms with Gasteiger partial charge in [-0.1, -0.05) is 67.6 Å². The molecule has 1 amide bonds. The molecule has 0 N–H and O–H groups in total.